The van der Waals surface area contributed by atoms with Gasteiger partial charge in [0.2, 0.25) is 0 Å². The maximum absolute atomic E-state index is 11.1. The Morgan fingerprint density at radius 3 is 2.22 bits per heavy atom. The highest BCUT2D eigenvalue weighted by molar-refractivity contribution is 5.52. The molecular weight excluding hydrogens is 340 g/mol. The van der Waals surface area contributed by atoms with Gasteiger partial charge in [-0.2, -0.15) is 0 Å². The van der Waals surface area contributed by atoms with Crippen molar-refractivity contribution in [3.8, 4) is 5.75 Å². The summed E-state index contributed by atoms with van der Waals surface area (Å²) < 4.78 is 18.1. The second kappa shape index (κ2) is 10.0. The molecule has 0 aliphatic carbocycles. The predicted molar refractivity (Wildman–Crippen MR) is 108 cm³/mol. The average molecular weight is 375 g/mol. The number of carbonyl (C=O) groups excluding carboxylic acids is 1. The zero-order chi connectivity index (χ0) is 20.0. The molecule has 1 fully saturated rings. The Bertz CT molecular complexity index is 597. The van der Waals surface area contributed by atoms with Gasteiger partial charge < -0.3 is 19.0 Å². The number of hydrogen-bond donors (Lipinski definition) is 0. The number of rotatable bonds is 9. The van der Waals surface area contributed by atoms with Crippen LogP contribution in [0, 0.1) is 23.7 Å². The van der Waals surface area contributed by atoms with Crippen molar-refractivity contribution in [2.24, 2.45) is 23.7 Å². The summed E-state index contributed by atoms with van der Waals surface area (Å²) >= 11 is 0. The first-order valence-corrected chi connectivity index (χ1v) is 9.92. The zero-order valence-corrected chi connectivity index (χ0v) is 17.3. The molecule has 1 saturated heterocycles. The van der Waals surface area contributed by atoms with Crippen LogP contribution in [-0.4, -0.2) is 25.6 Å². The lowest BCUT2D eigenvalue weighted by atomic mass is 9.79. The average Bonchev–Trinajstić information content (AvgIpc) is 2.68. The molecule has 150 valence electrons. The summed E-state index contributed by atoms with van der Waals surface area (Å²) in [6.07, 6.45) is 4.38. The molecule has 4 heteroatoms. The van der Waals surface area contributed by atoms with Crippen LogP contribution in [-0.2, 0) is 14.3 Å². The molecule has 27 heavy (non-hydrogen) atoms. The Morgan fingerprint density at radius 2 is 1.70 bits per heavy atom. The zero-order valence-electron chi connectivity index (χ0n) is 17.3. The molecule has 0 amide bonds. The van der Waals surface area contributed by atoms with Gasteiger partial charge in [-0.1, -0.05) is 45.9 Å². The SMILES string of the molecule is C=CC[C@H](C)[C@@H]1O[C@H](c2ccc(OC)cc2)O[C@@H]([C@H](C)C[C@H](C)C=O)[C@@H]1C. The van der Waals surface area contributed by atoms with Gasteiger partial charge in [-0.3, -0.25) is 0 Å². The molecule has 0 saturated carbocycles. The van der Waals surface area contributed by atoms with Crippen molar-refractivity contribution in [3.05, 3.63) is 42.5 Å². The van der Waals surface area contributed by atoms with Crippen molar-refractivity contribution in [1.29, 1.82) is 0 Å². The molecule has 1 aliphatic rings. The van der Waals surface area contributed by atoms with E-state index >= 15 is 0 Å². The van der Waals surface area contributed by atoms with Crippen LogP contribution in [0.5, 0.6) is 5.75 Å². The van der Waals surface area contributed by atoms with Gasteiger partial charge in [0.05, 0.1) is 19.3 Å². The minimum Gasteiger partial charge on any atom is -0.497 e. The summed E-state index contributed by atoms with van der Waals surface area (Å²) in [6, 6.07) is 7.83. The molecule has 1 aromatic carbocycles. The summed E-state index contributed by atoms with van der Waals surface area (Å²) in [4.78, 5) is 11.1. The molecule has 0 bridgehead atoms. The maximum atomic E-state index is 11.1. The molecule has 0 radical (unpaired) electrons. The number of aldehydes is 1. The van der Waals surface area contributed by atoms with Gasteiger partial charge in [0.1, 0.15) is 12.0 Å². The van der Waals surface area contributed by atoms with Crippen LogP contribution in [0.2, 0.25) is 0 Å². The number of methoxy groups -OCH3 is 1. The monoisotopic (exact) mass is 374 g/mol. The van der Waals surface area contributed by atoms with Gasteiger partial charge in [-0.25, -0.2) is 0 Å². The van der Waals surface area contributed by atoms with Gasteiger partial charge in [-0.05, 0) is 36.8 Å². The Kier molecular flexibility index (Phi) is 8.06. The minimum atomic E-state index is -0.414. The van der Waals surface area contributed by atoms with E-state index in [0.29, 0.717) is 5.92 Å². The molecule has 0 unspecified atom stereocenters. The normalized spacial score (nSPS) is 28.8. The highest BCUT2D eigenvalue weighted by Gasteiger charge is 2.42. The standard InChI is InChI=1S/C23H34O4/c1-7-8-16(3)21-18(5)22(17(4)13-15(2)14-24)27-23(26-21)19-9-11-20(25-6)12-10-19/h7,9-12,14-18,21-23H,1,8,13H2,2-6H3/t15-,16-,17+,18+,21-,22-,23-/m0/s1. The molecule has 4 nitrogen and oxygen atoms in total. The van der Waals surface area contributed by atoms with Crippen molar-refractivity contribution in [3.63, 3.8) is 0 Å². The van der Waals surface area contributed by atoms with Crippen molar-refractivity contribution in [2.75, 3.05) is 7.11 Å². The van der Waals surface area contributed by atoms with Crippen molar-refractivity contribution in [2.45, 2.75) is 59.0 Å². The molecule has 1 heterocycles. The largest absolute Gasteiger partial charge is 0.497 e. The quantitative estimate of drug-likeness (QED) is 0.441. The molecule has 2 rings (SSSR count). The molecule has 0 N–H and O–H groups in total. The topological polar surface area (TPSA) is 44.8 Å². The van der Waals surface area contributed by atoms with Crippen molar-refractivity contribution in [1.82, 2.24) is 0 Å². The highest BCUT2D eigenvalue weighted by atomic mass is 16.7. The van der Waals surface area contributed by atoms with E-state index in [2.05, 4.69) is 27.4 Å². The smallest absolute Gasteiger partial charge is 0.184 e. The van der Waals surface area contributed by atoms with Crippen LogP contribution in [0.15, 0.2) is 36.9 Å². The molecule has 0 aromatic heterocycles. The second-order valence-corrected chi connectivity index (χ2v) is 7.99. The summed E-state index contributed by atoms with van der Waals surface area (Å²) in [7, 11) is 1.66. The predicted octanol–water partition coefficient (Wildman–Crippen LogP) is 5.19. The second-order valence-electron chi connectivity index (χ2n) is 7.99. The van der Waals surface area contributed by atoms with E-state index in [4.69, 9.17) is 14.2 Å². The molecule has 0 spiro atoms. The van der Waals surface area contributed by atoms with E-state index in [1.165, 1.54) is 0 Å². The van der Waals surface area contributed by atoms with E-state index in [-0.39, 0.29) is 30.0 Å². The maximum Gasteiger partial charge on any atom is 0.184 e. The van der Waals surface area contributed by atoms with Gasteiger partial charge in [-0.15, -0.1) is 6.58 Å². The summed E-state index contributed by atoms with van der Waals surface area (Å²) in [5, 5.41) is 0. The number of carbonyl (C=O) groups is 1. The molecule has 1 aliphatic heterocycles. The Morgan fingerprint density at radius 1 is 1.11 bits per heavy atom. The number of allylic oxidation sites excluding steroid dienone is 1. The lowest BCUT2D eigenvalue weighted by Gasteiger charge is -2.45. The summed E-state index contributed by atoms with van der Waals surface area (Å²) in [5.41, 5.74) is 0.985. The number of hydrogen-bond acceptors (Lipinski definition) is 4. The van der Waals surface area contributed by atoms with Crippen molar-refractivity contribution >= 4 is 6.29 Å². The third kappa shape index (κ3) is 5.43. The van der Waals surface area contributed by atoms with Gasteiger partial charge in [0, 0.05) is 17.4 Å². The lowest BCUT2D eigenvalue weighted by Crippen LogP contribution is -2.47. The fraction of sp³-hybridized carbons (Fsp3) is 0.609. The molecule has 7 atom stereocenters. The lowest BCUT2D eigenvalue weighted by molar-refractivity contribution is -0.290. The van der Waals surface area contributed by atoms with Crippen LogP contribution < -0.4 is 4.74 Å². The minimum absolute atomic E-state index is 0.0297. The number of ether oxygens (including phenoxy) is 3. The van der Waals surface area contributed by atoms with Crippen molar-refractivity contribution < 1.29 is 19.0 Å². The Labute approximate surface area is 163 Å². The van der Waals surface area contributed by atoms with Crippen LogP contribution >= 0.6 is 0 Å². The third-order valence-electron chi connectivity index (χ3n) is 5.62. The third-order valence-corrected chi connectivity index (χ3v) is 5.62. The fourth-order valence-electron chi connectivity index (χ4n) is 4.15. The van der Waals surface area contributed by atoms with Crippen LogP contribution in [0.4, 0.5) is 0 Å². The van der Waals surface area contributed by atoms with E-state index in [1.54, 1.807) is 7.11 Å². The highest BCUT2D eigenvalue weighted by Crippen LogP contribution is 2.41. The van der Waals surface area contributed by atoms with Gasteiger partial charge >= 0.3 is 0 Å². The van der Waals surface area contributed by atoms with Crippen LogP contribution in [0.25, 0.3) is 0 Å². The fourth-order valence-corrected chi connectivity index (χ4v) is 4.15. The first kappa shape index (κ1) is 21.6. The Balaban J connectivity index is 2.25. The summed E-state index contributed by atoms with van der Waals surface area (Å²) in [5.74, 6) is 1.69. The summed E-state index contributed by atoms with van der Waals surface area (Å²) in [6.45, 7) is 12.4. The first-order chi connectivity index (χ1) is 12.9. The first-order valence-electron chi connectivity index (χ1n) is 9.92. The van der Waals surface area contributed by atoms with Crippen LogP contribution in [0.1, 0.15) is 52.4 Å². The van der Waals surface area contributed by atoms with E-state index in [0.717, 1.165) is 30.4 Å². The van der Waals surface area contributed by atoms with E-state index in [1.807, 2.05) is 37.3 Å². The molecular formula is C23H34O4. The van der Waals surface area contributed by atoms with E-state index < -0.39 is 6.29 Å². The Hall–Kier alpha value is -1.65. The molecule has 1 aromatic rings. The van der Waals surface area contributed by atoms with Crippen LogP contribution in [0.3, 0.4) is 0 Å². The number of benzene rings is 1. The van der Waals surface area contributed by atoms with Gasteiger partial charge in [0.25, 0.3) is 0 Å². The van der Waals surface area contributed by atoms with Gasteiger partial charge in [0.15, 0.2) is 6.29 Å². The van der Waals surface area contributed by atoms with E-state index in [9.17, 15) is 4.79 Å².